The van der Waals surface area contributed by atoms with Crippen LogP contribution in [0.4, 0.5) is 4.39 Å². The second-order valence-electron chi connectivity index (χ2n) is 9.99. The van der Waals surface area contributed by atoms with E-state index in [1.807, 2.05) is 13.0 Å². The molecule has 0 saturated heterocycles. The molecule has 0 bridgehead atoms. The van der Waals surface area contributed by atoms with Crippen LogP contribution in [0.3, 0.4) is 0 Å². The van der Waals surface area contributed by atoms with Crippen LogP contribution in [0.5, 0.6) is 11.5 Å². The van der Waals surface area contributed by atoms with Crippen LogP contribution in [0.25, 0.3) is 0 Å². The summed E-state index contributed by atoms with van der Waals surface area (Å²) in [5, 5.41) is 0.282. The summed E-state index contributed by atoms with van der Waals surface area (Å²) in [7, 11) is 1.66. The van der Waals surface area contributed by atoms with Crippen LogP contribution in [0.1, 0.15) is 62.5 Å². The number of rotatable bonds is 9. The van der Waals surface area contributed by atoms with Gasteiger partial charge in [0.15, 0.2) is 23.1 Å². The molecule has 2 aliphatic carbocycles. The number of halogens is 2. The first-order valence-corrected chi connectivity index (χ1v) is 13.9. The van der Waals surface area contributed by atoms with Gasteiger partial charge in [0.05, 0.1) is 18.2 Å². The number of carbonyl (C=O) groups excluding carboxylic acids is 2. The van der Waals surface area contributed by atoms with Gasteiger partial charge in [-0.05, 0) is 56.4 Å². The van der Waals surface area contributed by atoms with Crippen molar-refractivity contribution >= 4 is 23.2 Å². The van der Waals surface area contributed by atoms with Gasteiger partial charge >= 0.3 is 0 Å². The molecule has 0 saturated carbocycles. The molecule has 1 aliphatic heterocycles. The predicted molar refractivity (Wildman–Crippen MR) is 146 cm³/mol. The number of ether oxygens (including phenoxy) is 3. The number of methoxy groups -OCH3 is 1. The van der Waals surface area contributed by atoms with E-state index in [4.69, 9.17) is 25.8 Å². The Balaban J connectivity index is 1.61. The van der Waals surface area contributed by atoms with Gasteiger partial charge in [-0.15, -0.1) is 0 Å². The molecule has 206 valence electrons. The van der Waals surface area contributed by atoms with Crippen molar-refractivity contribution in [3.05, 3.63) is 80.9 Å². The molecule has 0 atom stereocenters. The second-order valence-corrected chi connectivity index (χ2v) is 10.4. The Hall–Kier alpha value is -3.16. The van der Waals surface area contributed by atoms with Gasteiger partial charge in [0.25, 0.3) is 0 Å². The van der Waals surface area contributed by atoms with Crippen LogP contribution >= 0.6 is 11.6 Å². The Morgan fingerprint density at radius 1 is 0.974 bits per heavy atom. The molecule has 8 heteroatoms. The van der Waals surface area contributed by atoms with Crippen molar-refractivity contribution in [1.82, 2.24) is 4.90 Å². The number of benzene rings is 2. The van der Waals surface area contributed by atoms with Crippen molar-refractivity contribution in [2.45, 2.75) is 58.0 Å². The van der Waals surface area contributed by atoms with Gasteiger partial charge in [-0.1, -0.05) is 29.8 Å². The van der Waals surface area contributed by atoms with Crippen molar-refractivity contribution in [2.24, 2.45) is 0 Å². The number of carbonyl (C=O) groups is 2. The first-order valence-electron chi connectivity index (χ1n) is 13.6. The molecule has 0 aromatic heterocycles. The molecule has 2 aromatic rings. The maximum atomic E-state index is 14.2. The Morgan fingerprint density at radius 2 is 1.64 bits per heavy atom. The number of hydrogen-bond acceptors (Lipinski definition) is 6. The molecular formula is C31H33ClFNO5. The number of allylic oxidation sites excluding steroid dienone is 4. The fraction of sp³-hybridized carbons (Fsp3) is 0.419. The summed E-state index contributed by atoms with van der Waals surface area (Å²) in [6.45, 7) is 3.27. The van der Waals surface area contributed by atoms with Crippen molar-refractivity contribution in [2.75, 3.05) is 26.9 Å². The van der Waals surface area contributed by atoms with Gasteiger partial charge in [0.2, 0.25) is 0 Å². The Morgan fingerprint density at radius 3 is 2.26 bits per heavy atom. The molecule has 0 N–H and O–H groups in total. The number of nitrogens with zero attached hydrogens (tertiary/aromatic N) is 1. The molecule has 6 nitrogen and oxygen atoms in total. The molecule has 0 radical (unpaired) electrons. The van der Waals surface area contributed by atoms with Gasteiger partial charge in [0.1, 0.15) is 12.4 Å². The van der Waals surface area contributed by atoms with Crippen molar-refractivity contribution in [3.63, 3.8) is 0 Å². The maximum absolute atomic E-state index is 14.2. The van der Waals surface area contributed by atoms with Crippen LogP contribution in [0.15, 0.2) is 58.9 Å². The first-order chi connectivity index (χ1) is 18.9. The second kappa shape index (κ2) is 11.9. The molecule has 39 heavy (non-hydrogen) atoms. The lowest BCUT2D eigenvalue weighted by molar-refractivity contribution is -0.117. The smallest absolute Gasteiger partial charge is 0.180 e. The van der Waals surface area contributed by atoms with Crippen molar-refractivity contribution < 1.29 is 28.2 Å². The van der Waals surface area contributed by atoms with Gasteiger partial charge in [-0.3, -0.25) is 9.59 Å². The average molecular weight is 554 g/mol. The standard InChI is InChI=1S/C31H33ClFNO5/c1-3-38-27-17-20(16-21(32)31(27)39-18-19-8-4-5-9-22(19)33)28-29-23(10-6-12-25(29)35)34(14-15-37-2)24-11-7-13-26(36)30(24)28/h4-5,8-9,16-17,28H,3,6-7,10-15,18H2,1-2H3. The molecule has 3 aliphatic rings. The number of hydrogen-bond donors (Lipinski definition) is 0. The Bertz CT molecular complexity index is 1310. The topological polar surface area (TPSA) is 65.1 Å². The Labute approximate surface area is 233 Å². The molecule has 0 fully saturated rings. The van der Waals surface area contributed by atoms with Crippen molar-refractivity contribution in [1.29, 1.82) is 0 Å². The number of Topliss-reactive ketones (excluding diaryl/α,β-unsaturated/α-hetero) is 2. The monoisotopic (exact) mass is 553 g/mol. The fourth-order valence-corrected chi connectivity index (χ4v) is 6.20. The van der Waals surface area contributed by atoms with Crippen molar-refractivity contribution in [3.8, 4) is 11.5 Å². The van der Waals surface area contributed by atoms with E-state index in [0.29, 0.717) is 60.8 Å². The van der Waals surface area contributed by atoms with E-state index < -0.39 is 5.92 Å². The summed E-state index contributed by atoms with van der Waals surface area (Å²) in [4.78, 5) is 29.1. The molecular weight excluding hydrogens is 521 g/mol. The summed E-state index contributed by atoms with van der Waals surface area (Å²) < 4.78 is 31.5. The van der Waals surface area contributed by atoms with E-state index in [9.17, 15) is 14.0 Å². The summed E-state index contributed by atoms with van der Waals surface area (Å²) in [6.07, 6.45) is 3.97. The molecule has 0 amide bonds. The molecule has 2 aromatic carbocycles. The minimum atomic E-state index is -0.522. The van der Waals surface area contributed by atoms with Gasteiger partial charge < -0.3 is 19.1 Å². The average Bonchev–Trinajstić information content (AvgIpc) is 2.92. The van der Waals surface area contributed by atoms with Crippen LogP contribution < -0.4 is 9.47 Å². The summed E-state index contributed by atoms with van der Waals surface area (Å²) >= 11 is 6.79. The minimum Gasteiger partial charge on any atom is -0.490 e. The van der Waals surface area contributed by atoms with Crippen LogP contribution in [0, 0.1) is 5.82 Å². The Kier molecular flexibility index (Phi) is 8.38. The highest BCUT2D eigenvalue weighted by molar-refractivity contribution is 6.32. The van der Waals surface area contributed by atoms with Crippen LogP contribution in [-0.4, -0.2) is 43.3 Å². The van der Waals surface area contributed by atoms with Crippen LogP contribution in [0.2, 0.25) is 5.02 Å². The predicted octanol–water partition coefficient (Wildman–Crippen LogP) is 6.52. The third-order valence-corrected chi connectivity index (χ3v) is 7.88. The van der Waals surface area contributed by atoms with E-state index in [1.54, 1.807) is 31.4 Å². The lowest BCUT2D eigenvalue weighted by atomic mass is 9.71. The van der Waals surface area contributed by atoms with E-state index in [1.165, 1.54) is 6.07 Å². The molecule has 0 unspecified atom stereocenters. The molecule has 0 spiro atoms. The summed E-state index contributed by atoms with van der Waals surface area (Å²) in [5.74, 6) is -0.0730. The quantitative estimate of drug-likeness (QED) is 0.352. The van der Waals surface area contributed by atoms with E-state index in [0.717, 1.165) is 42.6 Å². The zero-order valence-corrected chi connectivity index (χ0v) is 23.1. The summed E-state index contributed by atoms with van der Waals surface area (Å²) in [6, 6.07) is 9.98. The van der Waals surface area contributed by atoms with E-state index >= 15 is 0 Å². The van der Waals surface area contributed by atoms with Gasteiger partial charge in [-0.2, -0.15) is 0 Å². The molecule has 1 heterocycles. The zero-order chi connectivity index (χ0) is 27.5. The van der Waals surface area contributed by atoms with Gasteiger partial charge in [-0.25, -0.2) is 4.39 Å². The largest absolute Gasteiger partial charge is 0.490 e. The van der Waals surface area contributed by atoms with E-state index in [2.05, 4.69) is 4.90 Å². The number of ketones is 2. The highest BCUT2D eigenvalue weighted by atomic mass is 35.5. The molecule has 5 rings (SSSR count). The van der Waals surface area contributed by atoms with E-state index in [-0.39, 0.29) is 29.0 Å². The first kappa shape index (κ1) is 27.4. The lowest BCUT2D eigenvalue weighted by Crippen LogP contribution is -2.40. The third kappa shape index (κ3) is 5.35. The fourth-order valence-electron chi connectivity index (χ4n) is 5.93. The normalized spacial score (nSPS) is 17.9. The van der Waals surface area contributed by atoms with Gasteiger partial charge in [0, 0.05) is 60.5 Å². The minimum absolute atomic E-state index is 0.0225. The highest BCUT2D eigenvalue weighted by Crippen LogP contribution is 2.51. The highest BCUT2D eigenvalue weighted by Gasteiger charge is 2.43. The zero-order valence-electron chi connectivity index (χ0n) is 22.4. The third-order valence-electron chi connectivity index (χ3n) is 7.60. The van der Waals surface area contributed by atoms with Crippen LogP contribution in [-0.2, 0) is 20.9 Å². The maximum Gasteiger partial charge on any atom is 0.180 e. The SMILES string of the molecule is CCOc1cc(C2C3=C(CCCC3=O)N(CCOC)C3=C2C(=O)CCC3)cc(Cl)c1OCc1ccccc1F. The summed E-state index contributed by atoms with van der Waals surface area (Å²) in [5.41, 5.74) is 4.42. The lowest BCUT2D eigenvalue weighted by Gasteiger charge is -2.44.